The second kappa shape index (κ2) is 6.99. The zero-order chi connectivity index (χ0) is 17.3. The number of hydrogen-bond acceptors (Lipinski definition) is 4. The minimum absolute atomic E-state index is 0.0121. The van der Waals surface area contributed by atoms with Gasteiger partial charge >= 0.3 is 5.97 Å². The summed E-state index contributed by atoms with van der Waals surface area (Å²) in [6.45, 7) is 3.11. The van der Waals surface area contributed by atoms with Gasteiger partial charge < -0.3 is 14.8 Å². The number of esters is 1. The highest BCUT2D eigenvalue weighted by atomic mass is 16.7. The van der Waals surface area contributed by atoms with Crippen LogP contribution in [0.25, 0.3) is 0 Å². The third-order valence-corrected chi connectivity index (χ3v) is 6.52. The molecule has 0 radical (unpaired) electrons. The van der Waals surface area contributed by atoms with Crippen LogP contribution in [-0.2, 0) is 21.4 Å². The number of carbonyl (C=O) groups is 1. The fourth-order valence-corrected chi connectivity index (χ4v) is 5.43. The van der Waals surface area contributed by atoms with Gasteiger partial charge in [-0.15, -0.1) is 0 Å². The van der Waals surface area contributed by atoms with E-state index in [9.17, 15) is 4.79 Å². The van der Waals surface area contributed by atoms with E-state index >= 15 is 0 Å². The fourth-order valence-electron chi connectivity index (χ4n) is 5.43. The summed E-state index contributed by atoms with van der Waals surface area (Å²) in [5.74, 6) is 1.41. The van der Waals surface area contributed by atoms with Gasteiger partial charge in [-0.3, -0.25) is 4.79 Å². The summed E-state index contributed by atoms with van der Waals surface area (Å²) in [4.78, 5) is 11.5. The van der Waals surface area contributed by atoms with Gasteiger partial charge in [0, 0.05) is 17.9 Å². The van der Waals surface area contributed by atoms with Crippen LogP contribution in [0.1, 0.15) is 63.0 Å². The zero-order valence-electron chi connectivity index (χ0n) is 15.2. The number of ether oxygens (including phenoxy) is 2. The molecule has 0 amide bonds. The van der Waals surface area contributed by atoms with Crippen LogP contribution in [0.5, 0.6) is 5.75 Å². The van der Waals surface area contributed by atoms with Crippen molar-refractivity contribution in [1.29, 1.82) is 0 Å². The van der Waals surface area contributed by atoms with Gasteiger partial charge in [0.1, 0.15) is 5.75 Å². The van der Waals surface area contributed by atoms with Gasteiger partial charge in [-0.1, -0.05) is 25.8 Å². The van der Waals surface area contributed by atoms with E-state index in [1.807, 2.05) is 13.0 Å². The number of hydrogen-bond donors (Lipinski definition) is 1. The summed E-state index contributed by atoms with van der Waals surface area (Å²) in [7, 11) is 0. The van der Waals surface area contributed by atoms with Crippen molar-refractivity contribution in [2.75, 3.05) is 13.3 Å². The smallest absolute Gasteiger partial charge is 0.308 e. The number of rotatable bonds is 5. The number of benzene rings is 1. The van der Waals surface area contributed by atoms with Crippen molar-refractivity contribution >= 4 is 5.97 Å². The minimum atomic E-state index is -0.187. The predicted octanol–water partition coefficient (Wildman–Crippen LogP) is 3.71. The summed E-state index contributed by atoms with van der Waals surface area (Å²) < 4.78 is 10.9. The molecular formula is C21H29NO3. The molecule has 1 saturated heterocycles. The van der Waals surface area contributed by atoms with E-state index in [2.05, 4.69) is 17.4 Å². The highest BCUT2D eigenvalue weighted by Gasteiger charge is 2.51. The lowest BCUT2D eigenvalue weighted by Gasteiger charge is -2.56. The number of fused-ring (bicyclic) bond motifs is 1. The molecule has 1 aliphatic heterocycles. The van der Waals surface area contributed by atoms with Gasteiger partial charge in [0.15, 0.2) is 0 Å². The first-order chi connectivity index (χ1) is 12.2. The molecule has 0 aromatic heterocycles. The lowest BCUT2D eigenvalue weighted by molar-refractivity contribution is -0.150. The molecule has 25 heavy (non-hydrogen) atoms. The van der Waals surface area contributed by atoms with Crippen molar-refractivity contribution in [3.63, 3.8) is 0 Å². The van der Waals surface area contributed by atoms with Crippen molar-refractivity contribution in [3.05, 3.63) is 29.3 Å². The first-order valence-electron chi connectivity index (χ1n) is 9.88. The maximum Gasteiger partial charge on any atom is 0.308 e. The first-order valence-corrected chi connectivity index (χ1v) is 9.88. The van der Waals surface area contributed by atoms with Gasteiger partial charge in [-0.05, 0) is 67.8 Å². The molecule has 4 heteroatoms. The van der Waals surface area contributed by atoms with Crippen molar-refractivity contribution in [2.24, 2.45) is 5.92 Å². The first kappa shape index (κ1) is 16.9. The van der Waals surface area contributed by atoms with E-state index in [1.165, 1.54) is 43.2 Å². The largest absolute Gasteiger partial charge is 0.457 e. The Hall–Kier alpha value is -1.55. The molecule has 2 fully saturated rings. The van der Waals surface area contributed by atoms with E-state index < -0.39 is 0 Å². The Kier molecular flexibility index (Phi) is 4.72. The van der Waals surface area contributed by atoms with Gasteiger partial charge in [-0.2, -0.15) is 0 Å². The van der Waals surface area contributed by atoms with Crippen LogP contribution < -0.4 is 10.1 Å². The molecule has 1 N–H and O–H groups in total. The second-order valence-corrected chi connectivity index (χ2v) is 7.87. The Morgan fingerprint density at radius 2 is 2.24 bits per heavy atom. The standard InChI is InChI=1S/C21H29NO3/c1-2-5-20(23)25-14-24-16-8-7-15-12-19-17-6-3-4-9-21(17,10-11-22-19)18(15)13-16/h7-8,13,17,19,22H,2-6,9-12,14H2,1H3/t17-,19+,21+/m0/s1. The van der Waals surface area contributed by atoms with Crippen LogP contribution in [0.15, 0.2) is 18.2 Å². The lowest BCUT2D eigenvalue weighted by Crippen LogP contribution is -2.59. The lowest BCUT2D eigenvalue weighted by atomic mass is 9.53. The van der Waals surface area contributed by atoms with Crippen LogP contribution >= 0.6 is 0 Å². The molecule has 1 aromatic carbocycles. The molecular weight excluding hydrogens is 314 g/mol. The third-order valence-electron chi connectivity index (χ3n) is 6.52. The van der Waals surface area contributed by atoms with Gasteiger partial charge in [0.25, 0.3) is 0 Å². The summed E-state index contributed by atoms with van der Waals surface area (Å²) in [6, 6.07) is 7.14. The van der Waals surface area contributed by atoms with E-state index in [1.54, 1.807) is 0 Å². The molecule has 136 valence electrons. The summed E-state index contributed by atoms with van der Waals surface area (Å²) in [5, 5.41) is 3.77. The summed E-state index contributed by atoms with van der Waals surface area (Å²) in [6.07, 6.45) is 8.97. The maximum atomic E-state index is 11.5. The molecule has 1 aromatic rings. The predicted molar refractivity (Wildman–Crippen MR) is 96.7 cm³/mol. The Morgan fingerprint density at radius 3 is 3.12 bits per heavy atom. The molecule has 0 unspecified atom stereocenters. The van der Waals surface area contributed by atoms with Crippen molar-refractivity contribution in [2.45, 2.75) is 69.7 Å². The fraction of sp³-hybridized carbons (Fsp3) is 0.667. The average Bonchev–Trinajstić information content (AvgIpc) is 2.62. The molecule has 3 aliphatic rings. The topological polar surface area (TPSA) is 47.6 Å². The van der Waals surface area contributed by atoms with E-state index in [0.717, 1.165) is 31.1 Å². The van der Waals surface area contributed by atoms with Gasteiger partial charge in [0.2, 0.25) is 6.79 Å². The Morgan fingerprint density at radius 1 is 1.32 bits per heavy atom. The van der Waals surface area contributed by atoms with Crippen LogP contribution in [0, 0.1) is 5.92 Å². The Bertz CT molecular complexity index is 640. The van der Waals surface area contributed by atoms with Gasteiger partial charge in [-0.25, -0.2) is 0 Å². The van der Waals surface area contributed by atoms with Crippen LogP contribution in [0.3, 0.4) is 0 Å². The highest BCUT2D eigenvalue weighted by molar-refractivity contribution is 5.69. The monoisotopic (exact) mass is 343 g/mol. The van der Waals surface area contributed by atoms with Crippen molar-refractivity contribution in [3.8, 4) is 5.75 Å². The van der Waals surface area contributed by atoms with E-state index in [0.29, 0.717) is 17.9 Å². The molecule has 2 aliphatic carbocycles. The van der Waals surface area contributed by atoms with E-state index in [-0.39, 0.29) is 12.8 Å². The Labute approximate surface area is 150 Å². The van der Waals surface area contributed by atoms with E-state index in [4.69, 9.17) is 9.47 Å². The molecule has 0 spiro atoms. The van der Waals surface area contributed by atoms with Crippen LogP contribution in [0.4, 0.5) is 0 Å². The number of nitrogens with one attached hydrogen (secondary N) is 1. The number of carbonyl (C=O) groups excluding carboxylic acids is 1. The highest BCUT2D eigenvalue weighted by Crippen LogP contribution is 2.54. The third kappa shape index (κ3) is 3.05. The summed E-state index contributed by atoms with van der Waals surface area (Å²) >= 11 is 0. The SMILES string of the molecule is CCCC(=O)OCOc1ccc2c(c1)[C@@]13CCCC[C@H]1[C@@H](C2)NCC3. The second-order valence-electron chi connectivity index (χ2n) is 7.87. The number of piperidine rings is 1. The van der Waals surface area contributed by atoms with Gasteiger partial charge in [0.05, 0.1) is 0 Å². The molecule has 3 atom stereocenters. The molecule has 4 rings (SSSR count). The summed E-state index contributed by atoms with van der Waals surface area (Å²) in [5.41, 5.74) is 3.32. The normalized spacial score (nSPS) is 30.1. The maximum absolute atomic E-state index is 11.5. The quantitative estimate of drug-likeness (QED) is 0.654. The molecule has 1 saturated carbocycles. The van der Waals surface area contributed by atoms with Crippen LogP contribution in [-0.4, -0.2) is 25.3 Å². The Balaban J connectivity index is 1.54. The van der Waals surface area contributed by atoms with Crippen LogP contribution in [0.2, 0.25) is 0 Å². The molecule has 2 bridgehead atoms. The van der Waals surface area contributed by atoms with Crippen molar-refractivity contribution < 1.29 is 14.3 Å². The van der Waals surface area contributed by atoms with Crippen molar-refractivity contribution in [1.82, 2.24) is 5.32 Å². The molecule has 1 heterocycles. The minimum Gasteiger partial charge on any atom is -0.457 e. The zero-order valence-corrected chi connectivity index (χ0v) is 15.2. The molecule has 4 nitrogen and oxygen atoms in total. The average molecular weight is 343 g/mol.